The highest BCUT2D eigenvalue weighted by Gasteiger charge is 2.35. The van der Waals surface area contributed by atoms with Gasteiger partial charge in [-0.1, -0.05) is 6.92 Å². The van der Waals surface area contributed by atoms with Gasteiger partial charge in [-0.15, -0.1) is 10.2 Å². The van der Waals surface area contributed by atoms with E-state index in [1.165, 1.54) is 0 Å². The maximum absolute atomic E-state index is 12.3. The second kappa shape index (κ2) is 8.40. The Bertz CT molecular complexity index is 772. The maximum atomic E-state index is 12.3. The number of amides is 1. The number of nitrogens with one attached hydrogen (secondary N) is 1. The van der Waals surface area contributed by atoms with Crippen LogP contribution in [0.3, 0.4) is 0 Å². The highest BCUT2D eigenvalue weighted by Crippen LogP contribution is 2.35. The fourth-order valence-electron chi connectivity index (χ4n) is 4.09. The molecule has 9 nitrogen and oxygen atoms in total. The molecule has 0 bridgehead atoms. The standard InChI is InChI=1S/C19H30N8O/c1-3-25-7-9-26(10-8-25)14-18(28)21-16-11-15(12-16)19-23-22-17(24(19)2)13-27-6-4-5-20-27/h4-6,15-16H,3,7-14H2,1-2H3,(H,21,28). The zero-order valence-corrected chi connectivity index (χ0v) is 16.8. The molecular formula is C19H30N8O. The van der Waals surface area contributed by atoms with Gasteiger partial charge in [-0.05, 0) is 25.5 Å². The third kappa shape index (κ3) is 4.25. The Morgan fingerprint density at radius 3 is 2.61 bits per heavy atom. The summed E-state index contributed by atoms with van der Waals surface area (Å²) in [5.74, 6) is 2.41. The molecule has 2 aromatic heterocycles. The van der Waals surface area contributed by atoms with E-state index in [0.29, 0.717) is 19.0 Å². The van der Waals surface area contributed by atoms with Crippen molar-refractivity contribution in [3.8, 4) is 0 Å². The predicted octanol–water partition coefficient (Wildman–Crippen LogP) is 0.0596. The Balaban J connectivity index is 1.22. The first-order chi connectivity index (χ1) is 13.6. The first kappa shape index (κ1) is 19.1. The number of piperazine rings is 1. The molecule has 2 fully saturated rings. The molecule has 1 saturated heterocycles. The van der Waals surface area contributed by atoms with Crippen LogP contribution < -0.4 is 5.32 Å². The van der Waals surface area contributed by atoms with Gasteiger partial charge in [-0.25, -0.2) is 0 Å². The molecule has 28 heavy (non-hydrogen) atoms. The average Bonchev–Trinajstić information content (AvgIpc) is 3.30. The Hall–Kier alpha value is -2.26. The normalized spacial score (nSPS) is 23.5. The molecule has 1 aliphatic heterocycles. The quantitative estimate of drug-likeness (QED) is 0.724. The summed E-state index contributed by atoms with van der Waals surface area (Å²) in [6.07, 6.45) is 5.55. The van der Waals surface area contributed by atoms with Gasteiger partial charge in [0.15, 0.2) is 5.82 Å². The van der Waals surface area contributed by atoms with Gasteiger partial charge in [0.05, 0.1) is 6.54 Å². The van der Waals surface area contributed by atoms with Crippen LogP contribution in [0.2, 0.25) is 0 Å². The molecule has 1 amide bonds. The molecule has 1 aliphatic carbocycles. The van der Waals surface area contributed by atoms with E-state index < -0.39 is 0 Å². The van der Waals surface area contributed by atoms with Crippen molar-refractivity contribution in [3.63, 3.8) is 0 Å². The van der Waals surface area contributed by atoms with Crippen LogP contribution >= 0.6 is 0 Å². The van der Waals surface area contributed by atoms with E-state index in [1.54, 1.807) is 6.20 Å². The lowest BCUT2D eigenvalue weighted by Crippen LogP contribution is -2.52. The number of likely N-dealkylation sites (N-methyl/N-ethyl adjacent to an activating group) is 1. The van der Waals surface area contributed by atoms with Gasteiger partial charge >= 0.3 is 0 Å². The van der Waals surface area contributed by atoms with E-state index >= 15 is 0 Å². The minimum Gasteiger partial charge on any atom is -0.352 e. The summed E-state index contributed by atoms with van der Waals surface area (Å²) in [6, 6.07) is 2.15. The van der Waals surface area contributed by atoms with Crippen molar-refractivity contribution in [2.24, 2.45) is 7.05 Å². The van der Waals surface area contributed by atoms with Gasteiger partial charge in [0.25, 0.3) is 0 Å². The van der Waals surface area contributed by atoms with Gasteiger partial charge in [0, 0.05) is 57.6 Å². The molecule has 0 spiro atoms. The third-order valence-electron chi connectivity index (χ3n) is 6.01. The zero-order valence-electron chi connectivity index (χ0n) is 16.8. The monoisotopic (exact) mass is 386 g/mol. The minimum absolute atomic E-state index is 0.144. The number of hydrogen-bond donors (Lipinski definition) is 1. The number of rotatable bonds is 7. The molecule has 1 saturated carbocycles. The SMILES string of the molecule is CCN1CCN(CC(=O)NC2CC(c3nnc(Cn4cccn4)n3C)C2)CC1. The molecule has 0 unspecified atom stereocenters. The van der Waals surface area contributed by atoms with Crippen molar-refractivity contribution >= 4 is 5.91 Å². The van der Waals surface area contributed by atoms with Gasteiger partial charge in [-0.2, -0.15) is 5.10 Å². The summed E-state index contributed by atoms with van der Waals surface area (Å²) >= 11 is 0. The summed E-state index contributed by atoms with van der Waals surface area (Å²) in [7, 11) is 2.01. The fraction of sp³-hybridized carbons (Fsp3) is 0.684. The molecule has 9 heteroatoms. The fourth-order valence-corrected chi connectivity index (χ4v) is 4.09. The van der Waals surface area contributed by atoms with Gasteiger partial charge in [0.1, 0.15) is 12.4 Å². The molecular weight excluding hydrogens is 356 g/mol. The van der Waals surface area contributed by atoms with Gasteiger partial charge in [-0.3, -0.25) is 14.4 Å². The van der Waals surface area contributed by atoms with E-state index in [2.05, 4.69) is 41.9 Å². The highest BCUT2D eigenvalue weighted by molar-refractivity contribution is 5.78. The van der Waals surface area contributed by atoms with Crippen molar-refractivity contribution in [2.75, 3.05) is 39.3 Å². The summed E-state index contributed by atoms with van der Waals surface area (Å²) < 4.78 is 3.91. The van der Waals surface area contributed by atoms with Gasteiger partial charge in [0.2, 0.25) is 5.91 Å². The van der Waals surface area contributed by atoms with Crippen molar-refractivity contribution < 1.29 is 4.79 Å². The molecule has 152 valence electrons. The third-order valence-corrected chi connectivity index (χ3v) is 6.01. The number of hydrogen-bond acceptors (Lipinski definition) is 6. The molecule has 0 radical (unpaired) electrons. The largest absolute Gasteiger partial charge is 0.352 e. The van der Waals surface area contributed by atoms with Crippen LogP contribution in [0.4, 0.5) is 0 Å². The Morgan fingerprint density at radius 1 is 1.18 bits per heavy atom. The van der Waals surface area contributed by atoms with E-state index in [-0.39, 0.29) is 11.9 Å². The first-order valence-corrected chi connectivity index (χ1v) is 10.2. The second-order valence-corrected chi connectivity index (χ2v) is 7.88. The number of carbonyl (C=O) groups excluding carboxylic acids is 1. The smallest absolute Gasteiger partial charge is 0.234 e. The van der Waals surface area contributed by atoms with E-state index in [4.69, 9.17) is 0 Å². The van der Waals surface area contributed by atoms with Crippen molar-refractivity contribution in [2.45, 2.75) is 38.3 Å². The van der Waals surface area contributed by atoms with Crippen LogP contribution in [-0.2, 0) is 18.4 Å². The van der Waals surface area contributed by atoms with Crippen molar-refractivity contribution in [3.05, 3.63) is 30.1 Å². The molecule has 2 aliphatic rings. The summed E-state index contributed by atoms with van der Waals surface area (Å²) in [4.78, 5) is 17.0. The first-order valence-electron chi connectivity index (χ1n) is 10.2. The zero-order chi connectivity index (χ0) is 19.5. The van der Waals surface area contributed by atoms with E-state index in [0.717, 1.165) is 57.2 Å². The lowest BCUT2D eigenvalue weighted by atomic mass is 9.79. The molecule has 4 rings (SSSR count). The van der Waals surface area contributed by atoms with Crippen LogP contribution in [0.25, 0.3) is 0 Å². The Kier molecular flexibility index (Phi) is 5.72. The number of aromatic nitrogens is 5. The van der Waals surface area contributed by atoms with Crippen LogP contribution in [0, 0.1) is 0 Å². The van der Waals surface area contributed by atoms with Gasteiger partial charge < -0.3 is 14.8 Å². The minimum atomic E-state index is 0.144. The average molecular weight is 387 g/mol. The second-order valence-electron chi connectivity index (χ2n) is 7.88. The molecule has 0 aromatic carbocycles. The van der Waals surface area contributed by atoms with Crippen LogP contribution in [0.1, 0.15) is 37.3 Å². The number of nitrogens with zero attached hydrogens (tertiary/aromatic N) is 7. The summed E-state index contributed by atoms with van der Waals surface area (Å²) in [6.45, 7) is 8.48. The summed E-state index contributed by atoms with van der Waals surface area (Å²) in [5.41, 5.74) is 0. The van der Waals surface area contributed by atoms with Crippen LogP contribution in [0.5, 0.6) is 0 Å². The van der Waals surface area contributed by atoms with Crippen molar-refractivity contribution in [1.82, 2.24) is 39.7 Å². The predicted molar refractivity (Wildman–Crippen MR) is 105 cm³/mol. The highest BCUT2D eigenvalue weighted by atomic mass is 16.2. The lowest BCUT2D eigenvalue weighted by molar-refractivity contribution is -0.124. The van der Waals surface area contributed by atoms with Crippen LogP contribution in [-0.4, -0.2) is 85.6 Å². The van der Waals surface area contributed by atoms with Crippen LogP contribution in [0.15, 0.2) is 18.5 Å². The molecule has 3 heterocycles. The maximum Gasteiger partial charge on any atom is 0.234 e. The Labute approximate surface area is 165 Å². The van der Waals surface area contributed by atoms with E-state index in [1.807, 2.05) is 24.0 Å². The Morgan fingerprint density at radius 2 is 1.93 bits per heavy atom. The van der Waals surface area contributed by atoms with E-state index in [9.17, 15) is 4.79 Å². The summed E-state index contributed by atoms with van der Waals surface area (Å²) in [5, 5.41) is 16.1. The van der Waals surface area contributed by atoms with Crippen molar-refractivity contribution in [1.29, 1.82) is 0 Å². The molecule has 2 aromatic rings. The lowest BCUT2D eigenvalue weighted by Gasteiger charge is -2.37. The number of carbonyl (C=O) groups is 1. The molecule has 1 N–H and O–H groups in total. The molecule has 0 atom stereocenters. The topological polar surface area (TPSA) is 84.1 Å².